The molecule has 0 aliphatic carbocycles. The second-order valence-electron chi connectivity index (χ2n) is 3.93. The number of benzene rings is 1. The van der Waals surface area contributed by atoms with Crippen LogP contribution in [0.4, 0.5) is 0 Å². The highest BCUT2D eigenvalue weighted by Crippen LogP contribution is 2.07. The molecule has 0 radical (unpaired) electrons. The summed E-state index contributed by atoms with van der Waals surface area (Å²) in [6.45, 7) is 8.01. The van der Waals surface area contributed by atoms with Crippen LogP contribution in [0.1, 0.15) is 0 Å². The highest BCUT2D eigenvalue weighted by Gasteiger charge is 1.88. The summed E-state index contributed by atoms with van der Waals surface area (Å²) in [5.74, 6) is 0. The molecule has 0 amide bonds. The summed E-state index contributed by atoms with van der Waals surface area (Å²) in [5.41, 5.74) is 0. The highest BCUT2D eigenvalue weighted by molar-refractivity contribution is 7.80. The maximum Gasteiger partial charge on any atom is 0.0107 e. The molecule has 0 aliphatic heterocycles. The van der Waals surface area contributed by atoms with Crippen molar-refractivity contribution in [3.05, 3.63) is 65.0 Å². The maximum absolute atomic E-state index is 4.42. The van der Waals surface area contributed by atoms with Crippen LogP contribution in [-0.4, -0.2) is 0 Å². The predicted molar refractivity (Wildman–Crippen MR) is 79.1 cm³/mol. The third kappa shape index (κ3) is 2.89. The van der Waals surface area contributed by atoms with E-state index in [1.165, 1.54) is 0 Å². The molecule has 0 nitrogen and oxygen atoms in total. The molecular weight excluding hydrogens is 224 g/mol. The van der Waals surface area contributed by atoms with E-state index in [9.17, 15) is 0 Å². The first-order valence-corrected chi connectivity index (χ1v) is 5.85. The average Bonchev–Trinajstić information content (AvgIpc) is 2.30. The Bertz CT molecular complexity index is 700. The number of rotatable bonds is 0. The lowest BCUT2D eigenvalue weighted by atomic mass is 10.1. The van der Waals surface area contributed by atoms with Crippen LogP contribution in [-0.2, 0) is 0 Å². The zero-order valence-electron chi connectivity index (χ0n) is 9.56. The molecule has 84 valence electrons. The van der Waals surface area contributed by atoms with Crippen LogP contribution in [0.2, 0.25) is 0 Å². The lowest BCUT2D eigenvalue weighted by Gasteiger charge is -1.93. The molecule has 0 N–H and O–H groups in total. The van der Waals surface area contributed by atoms with Gasteiger partial charge in [-0.3, -0.25) is 0 Å². The van der Waals surface area contributed by atoms with Crippen LogP contribution >= 0.6 is 12.6 Å². The Morgan fingerprint density at radius 3 is 2.12 bits per heavy atom. The molecule has 0 spiro atoms. The molecule has 2 rings (SSSR count). The van der Waals surface area contributed by atoms with Gasteiger partial charge >= 0.3 is 0 Å². The molecule has 2 aromatic carbocycles. The molecule has 1 heteroatoms. The fourth-order valence-electron chi connectivity index (χ4n) is 1.65. The van der Waals surface area contributed by atoms with Gasteiger partial charge in [-0.15, -0.1) is 12.6 Å². The Labute approximate surface area is 107 Å². The van der Waals surface area contributed by atoms with Crippen molar-refractivity contribution < 1.29 is 0 Å². The molecule has 0 unspecified atom stereocenters. The van der Waals surface area contributed by atoms with E-state index in [2.05, 4.69) is 44.0 Å². The van der Waals surface area contributed by atoms with Crippen molar-refractivity contribution >= 4 is 36.6 Å². The molecule has 0 aromatic heterocycles. The summed E-state index contributed by atoms with van der Waals surface area (Å²) in [6.07, 6.45) is 0. The van der Waals surface area contributed by atoms with E-state index in [0.29, 0.717) is 0 Å². The Morgan fingerprint density at radius 2 is 1.41 bits per heavy atom. The normalized spacial score (nSPS) is 9.94. The lowest BCUT2D eigenvalue weighted by molar-refractivity contribution is 1.44. The molecular formula is C16H14S. The van der Waals surface area contributed by atoms with E-state index < -0.39 is 0 Å². The Morgan fingerprint density at radius 1 is 0.765 bits per heavy atom. The number of thiol groups is 1. The molecule has 17 heavy (non-hydrogen) atoms. The minimum absolute atomic E-state index is 0.866. The van der Waals surface area contributed by atoms with Gasteiger partial charge in [0.1, 0.15) is 0 Å². The van der Waals surface area contributed by atoms with Gasteiger partial charge in [0.25, 0.3) is 0 Å². The minimum Gasteiger partial charge on any atom is -0.143 e. The molecule has 0 atom stereocenters. The van der Waals surface area contributed by atoms with E-state index in [1.54, 1.807) is 0 Å². The van der Waals surface area contributed by atoms with Crippen molar-refractivity contribution in [1.29, 1.82) is 0 Å². The maximum atomic E-state index is 4.42. The van der Waals surface area contributed by atoms with Crippen molar-refractivity contribution in [3.8, 4) is 0 Å². The Kier molecular flexibility index (Phi) is 3.50. The van der Waals surface area contributed by atoms with Crippen LogP contribution in [0.25, 0.3) is 23.9 Å². The van der Waals surface area contributed by atoms with Crippen molar-refractivity contribution in [2.75, 3.05) is 0 Å². The van der Waals surface area contributed by atoms with Gasteiger partial charge in [0.05, 0.1) is 0 Å². The molecule has 0 heterocycles. The number of hydrogen-bond donors (Lipinski definition) is 1. The molecule has 0 saturated heterocycles. The van der Waals surface area contributed by atoms with Crippen molar-refractivity contribution in [1.82, 2.24) is 0 Å². The minimum atomic E-state index is 0.866. The van der Waals surface area contributed by atoms with Gasteiger partial charge in [0.2, 0.25) is 0 Å². The molecule has 0 saturated carbocycles. The fraction of sp³-hybridized carbons (Fsp3) is 0. The first-order chi connectivity index (χ1) is 8.16. The number of fused-ring (bicyclic) bond motifs is 1. The molecule has 0 aliphatic rings. The van der Waals surface area contributed by atoms with Crippen LogP contribution in [0.15, 0.2) is 59.5 Å². The van der Waals surface area contributed by atoms with Crippen molar-refractivity contribution in [3.63, 3.8) is 0 Å². The zero-order chi connectivity index (χ0) is 12.3. The van der Waals surface area contributed by atoms with Crippen LogP contribution in [0.3, 0.4) is 0 Å². The first-order valence-electron chi connectivity index (χ1n) is 5.41. The molecule has 2 aromatic rings. The highest BCUT2D eigenvalue weighted by atomic mass is 32.1. The lowest BCUT2D eigenvalue weighted by Crippen LogP contribution is -1.97. The average molecular weight is 238 g/mol. The summed E-state index contributed by atoms with van der Waals surface area (Å²) in [5, 5.41) is 4.15. The second kappa shape index (κ2) is 5.07. The SMILES string of the molecule is C=c1cccc(S)c(=C)cc2ccccc2c1. The van der Waals surface area contributed by atoms with Gasteiger partial charge in [-0.1, -0.05) is 49.6 Å². The van der Waals surface area contributed by atoms with Crippen LogP contribution < -0.4 is 10.4 Å². The Balaban J connectivity index is 3.02. The third-order valence-corrected chi connectivity index (χ3v) is 3.00. The fourth-order valence-corrected chi connectivity index (χ4v) is 1.80. The first kappa shape index (κ1) is 11.7. The largest absolute Gasteiger partial charge is 0.143 e. The molecule has 0 fully saturated rings. The smallest absolute Gasteiger partial charge is 0.0107 e. The van der Waals surface area contributed by atoms with Gasteiger partial charge < -0.3 is 0 Å². The monoisotopic (exact) mass is 238 g/mol. The summed E-state index contributed by atoms with van der Waals surface area (Å²) >= 11 is 4.42. The standard InChI is InChI=1S/C16H14S/c1-12-6-5-9-16(17)13(2)11-15-8-4-3-7-14(15)10-12/h3-11,17H,1-2H2. The topological polar surface area (TPSA) is 0 Å². The summed E-state index contributed by atoms with van der Waals surface area (Å²) < 4.78 is 0. The second-order valence-corrected chi connectivity index (χ2v) is 4.41. The third-order valence-electron chi connectivity index (χ3n) is 2.56. The number of hydrogen-bond acceptors (Lipinski definition) is 1. The predicted octanol–water partition coefficient (Wildman–Crippen LogP) is 3.07. The van der Waals surface area contributed by atoms with Crippen molar-refractivity contribution in [2.24, 2.45) is 0 Å². The zero-order valence-corrected chi connectivity index (χ0v) is 10.5. The molecule has 0 bridgehead atoms. The van der Waals surface area contributed by atoms with Gasteiger partial charge in [-0.2, -0.15) is 0 Å². The summed E-state index contributed by atoms with van der Waals surface area (Å²) in [4.78, 5) is 0.866. The Hall–Kier alpha value is -1.73. The van der Waals surface area contributed by atoms with E-state index in [4.69, 9.17) is 0 Å². The quantitative estimate of drug-likeness (QED) is 0.670. The van der Waals surface area contributed by atoms with E-state index in [-0.39, 0.29) is 0 Å². The van der Waals surface area contributed by atoms with Gasteiger partial charge in [-0.05, 0) is 39.4 Å². The van der Waals surface area contributed by atoms with E-state index >= 15 is 0 Å². The summed E-state index contributed by atoms with van der Waals surface area (Å²) in [6, 6.07) is 18.1. The van der Waals surface area contributed by atoms with E-state index in [0.717, 1.165) is 26.1 Å². The summed E-state index contributed by atoms with van der Waals surface area (Å²) in [7, 11) is 0. The van der Waals surface area contributed by atoms with E-state index in [1.807, 2.05) is 36.4 Å². The van der Waals surface area contributed by atoms with Gasteiger partial charge in [-0.25, -0.2) is 0 Å². The van der Waals surface area contributed by atoms with Gasteiger partial charge in [0, 0.05) is 4.90 Å². The van der Waals surface area contributed by atoms with Gasteiger partial charge in [0.15, 0.2) is 0 Å². The van der Waals surface area contributed by atoms with Crippen LogP contribution in [0.5, 0.6) is 0 Å². The van der Waals surface area contributed by atoms with Crippen LogP contribution in [0, 0.1) is 0 Å². The van der Waals surface area contributed by atoms with Crippen molar-refractivity contribution in [2.45, 2.75) is 4.90 Å².